The molecule has 2 aromatic rings. The predicted molar refractivity (Wildman–Crippen MR) is 98.6 cm³/mol. The molecule has 23 heavy (non-hydrogen) atoms. The number of amides is 2. The monoisotopic (exact) mass is 464 g/mol. The van der Waals surface area contributed by atoms with Crippen molar-refractivity contribution in [1.82, 2.24) is 0 Å². The maximum atomic E-state index is 12.4. The number of methoxy groups -OCH3 is 1. The molecular weight excluding hydrogens is 454 g/mol. The molecule has 2 amide bonds. The van der Waals surface area contributed by atoms with Gasteiger partial charge in [0.25, 0.3) is 5.91 Å². The molecular formula is C15H11Cl2IN2O3. The van der Waals surface area contributed by atoms with Crippen molar-refractivity contribution in [3.8, 4) is 5.75 Å². The van der Waals surface area contributed by atoms with Crippen molar-refractivity contribution in [3.63, 3.8) is 0 Å². The Morgan fingerprint density at radius 2 is 1.83 bits per heavy atom. The Kier molecular flexibility index (Phi) is 5.72. The van der Waals surface area contributed by atoms with Crippen molar-refractivity contribution in [1.29, 1.82) is 0 Å². The van der Waals surface area contributed by atoms with Gasteiger partial charge in [-0.2, -0.15) is 0 Å². The van der Waals surface area contributed by atoms with Gasteiger partial charge in [-0.15, -0.1) is 0 Å². The number of hydrogen-bond acceptors (Lipinski definition) is 3. The van der Waals surface area contributed by atoms with Gasteiger partial charge in [0, 0.05) is 9.26 Å². The average molecular weight is 465 g/mol. The van der Waals surface area contributed by atoms with Gasteiger partial charge < -0.3 is 15.8 Å². The van der Waals surface area contributed by atoms with Crippen LogP contribution in [0.25, 0.3) is 0 Å². The van der Waals surface area contributed by atoms with E-state index in [0.29, 0.717) is 16.5 Å². The van der Waals surface area contributed by atoms with Gasteiger partial charge in [0.15, 0.2) is 0 Å². The Hall–Kier alpha value is -1.51. The first-order valence-corrected chi connectivity index (χ1v) is 8.10. The Bertz CT molecular complexity index is 797. The molecule has 0 aromatic heterocycles. The van der Waals surface area contributed by atoms with E-state index in [-0.39, 0.29) is 16.1 Å². The number of halogens is 3. The van der Waals surface area contributed by atoms with Gasteiger partial charge in [-0.05, 0) is 52.9 Å². The number of nitrogens with one attached hydrogen (secondary N) is 1. The molecule has 0 bridgehead atoms. The number of carbonyl (C=O) groups excluding carboxylic acids is 2. The summed E-state index contributed by atoms with van der Waals surface area (Å²) in [6.45, 7) is 0. The van der Waals surface area contributed by atoms with Crippen molar-refractivity contribution in [3.05, 3.63) is 55.1 Å². The SMILES string of the molecule is COc1cc(I)c(Cl)cc1C(=O)Nc1ccc(C(N)=O)c(Cl)c1. The van der Waals surface area contributed by atoms with Gasteiger partial charge in [-0.25, -0.2) is 0 Å². The number of primary amides is 1. The summed E-state index contributed by atoms with van der Waals surface area (Å²) in [5, 5.41) is 3.27. The number of hydrogen-bond donors (Lipinski definition) is 2. The molecule has 2 rings (SSSR count). The van der Waals surface area contributed by atoms with Gasteiger partial charge in [-0.3, -0.25) is 9.59 Å². The Morgan fingerprint density at radius 3 is 2.39 bits per heavy atom. The molecule has 0 fully saturated rings. The number of anilines is 1. The van der Waals surface area contributed by atoms with Crippen molar-refractivity contribution in [2.24, 2.45) is 5.73 Å². The summed E-state index contributed by atoms with van der Waals surface area (Å²) in [5.41, 5.74) is 6.07. The summed E-state index contributed by atoms with van der Waals surface area (Å²) in [6.07, 6.45) is 0. The highest BCUT2D eigenvalue weighted by atomic mass is 127. The second kappa shape index (κ2) is 7.37. The van der Waals surface area contributed by atoms with Crippen LogP contribution in [0, 0.1) is 3.57 Å². The maximum absolute atomic E-state index is 12.4. The fourth-order valence-electron chi connectivity index (χ4n) is 1.87. The Labute approximate surface area is 156 Å². The molecule has 0 saturated carbocycles. The van der Waals surface area contributed by atoms with E-state index in [2.05, 4.69) is 5.32 Å². The van der Waals surface area contributed by atoms with Crippen LogP contribution in [0.2, 0.25) is 10.0 Å². The predicted octanol–water partition coefficient (Wildman–Crippen LogP) is 3.96. The van der Waals surface area contributed by atoms with E-state index in [9.17, 15) is 9.59 Å². The Morgan fingerprint density at radius 1 is 1.13 bits per heavy atom. The van der Waals surface area contributed by atoms with E-state index in [0.717, 1.165) is 3.57 Å². The van der Waals surface area contributed by atoms with Crippen molar-refractivity contribution in [2.75, 3.05) is 12.4 Å². The second-order valence-electron chi connectivity index (χ2n) is 4.48. The minimum atomic E-state index is -0.640. The first-order chi connectivity index (χ1) is 10.8. The molecule has 0 aliphatic rings. The summed E-state index contributed by atoms with van der Waals surface area (Å²) in [7, 11) is 1.47. The first-order valence-electron chi connectivity index (χ1n) is 6.27. The normalized spacial score (nSPS) is 10.3. The molecule has 0 aliphatic carbocycles. The lowest BCUT2D eigenvalue weighted by atomic mass is 10.1. The minimum Gasteiger partial charge on any atom is -0.496 e. The molecule has 5 nitrogen and oxygen atoms in total. The van der Waals surface area contributed by atoms with Gasteiger partial charge in [-0.1, -0.05) is 23.2 Å². The molecule has 0 spiro atoms. The quantitative estimate of drug-likeness (QED) is 0.672. The third-order valence-electron chi connectivity index (χ3n) is 2.98. The first kappa shape index (κ1) is 17.8. The number of rotatable bonds is 4. The van der Waals surface area contributed by atoms with Crippen molar-refractivity contribution >= 4 is 63.3 Å². The molecule has 0 saturated heterocycles. The molecule has 0 unspecified atom stereocenters. The van der Waals surface area contributed by atoms with Crippen molar-refractivity contribution in [2.45, 2.75) is 0 Å². The lowest BCUT2D eigenvalue weighted by Gasteiger charge is -2.11. The highest BCUT2D eigenvalue weighted by Crippen LogP contribution is 2.29. The smallest absolute Gasteiger partial charge is 0.259 e. The summed E-state index contributed by atoms with van der Waals surface area (Å²) >= 11 is 14.1. The average Bonchev–Trinajstić information content (AvgIpc) is 2.49. The maximum Gasteiger partial charge on any atom is 0.259 e. The molecule has 0 radical (unpaired) electrons. The fourth-order valence-corrected chi connectivity index (χ4v) is 2.74. The summed E-state index contributed by atoms with van der Waals surface area (Å²) in [4.78, 5) is 23.5. The number of benzene rings is 2. The van der Waals surface area contributed by atoms with Crippen LogP contribution >= 0.6 is 45.8 Å². The zero-order chi connectivity index (χ0) is 17.1. The summed E-state index contributed by atoms with van der Waals surface area (Å²) < 4.78 is 5.97. The number of carbonyl (C=O) groups is 2. The van der Waals surface area contributed by atoms with Crippen LogP contribution in [0.4, 0.5) is 5.69 Å². The third-order valence-corrected chi connectivity index (χ3v) is 4.82. The minimum absolute atomic E-state index is 0.155. The van der Waals surface area contributed by atoms with Crippen LogP contribution < -0.4 is 15.8 Å². The zero-order valence-electron chi connectivity index (χ0n) is 11.8. The van der Waals surface area contributed by atoms with E-state index >= 15 is 0 Å². The van der Waals surface area contributed by atoms with E-state index in [1.807, 2.05) is 22.6 Å². The second-order valence-corrected chi connectivity index (χ2v) is 6.46. The molecule has 0 aliphatic heterocycles. The highest BCUT2D eigenvalue weighted by molar-refractivity contribution is 14.1. The Balaban J connectivity index is 2.31. The number of nitrogens with two attached hydrogens (primary N) is 1. The standard InChI is InChI=1S/C15H11Cl2IN2O3/c1-23-13-6-12(18)11(17)5-9(13)15(22)20-7-2-3-8(14(19)21)10(16)4-7/h2-6H,1H3,(H2,19,21)(H,20,22). The van der Waals surface area contributed by atoms with E-state index in [1.165, 1.54) is 31.4 Å². The molecule has 0 heterocycles. The van der Waals surface area contributed by atoms with Crippen LogP contribution in [0.5, 0.6) is 5.75 Å². The molecule has 3 N–H and O–H groups in total. The fraction of sp³-hybridized carbons (Fsp3) is 0.0667. The molecule has 120 valence electrons. The van der Waals surface area contributed by atoms with Crippen LogP contribution in [-0.2, 0) is 0 Å². The van der Waals surface area contributed by atoms with Crippen LogP contribution in [0.1, 0.15) is 20.7 Å². The van der Waals surface area contributed by atoms with Gasteiger partial charge in [0.05, 0.1) is 28.3 Å². The summed E-state index contributed by atoms with van der Waals surface area (Å²) in [5.74, 6) is -0.654. The number of ether oxygens (including phenoxy) is 1. The van der Waals surface area contributed by atoms with E-state index in [1.54, 1.807) is 6.07 Å². The summed E-state index contributed by atoms with van der Waals surface area (Å²) in [6, 6.07) is 7.61. The van der Waals surface area contributed by atoms with Gasteiger partial charge in [0.2, 0.25) is 5.91 Å². The van der Waals surface area contributed by atoms with Gasteiger partial charge >= 0.3 is 0 Å². The lowest BCUT2D eigenvalue weighted by Crippen LogP contribution is -2.15. The van der Waals surface area contributed by atoms with Crippen LogP contribution in [0.3, 0.4) is 0 Å². The zero-order valence-corrected chi connectivity index (χ0v) is 15.5. The molecule has 8 heteroatoms. The lowest BCUT2D eigenvalue weighted by molar-refractivity contribution is 0.0998. The molecule has 0 atom stereocenters. The van der Waals surface area contributed by atoms with E-state index < -0.39 is 11.8 Å². The highest BCUT2D eigenvalue weighted by Gasteiger charge is 2.16. The van der Waals surface area contributed by atoms with E-state index in [4.69, 9.17) is 33.7 Å². The van der Waals surface area contributed by atoms with Crippen LogP contribution in [0.15, 0.2) is 30.3 Å². The topological polar surface area (TPSA) is 81.4 Å². The van der Waals surface area contributed by atoms with Crippen LogP contribution in [-0.4, -0.2) is 18.9 Å². The molecule has 2 aromatic carbocycles. The largest absolute Gasteiger partial charge is 0.496 e. The van der Waals surface area contributed by atoms with Crippen molar-refractivity contribution < 1.29 is 14.3 Å². The third kappa shape index (κ3) is 4.07. The van der Waals surface area contributed by atoms with Gasteiger partial charge in [0.1, 0.15) is 5.75 Å².